The Morgan fingerprint density at radius 3 is 2.71 bits per heavy atom. The zero-order valence-electron chi connectivity index (χ0n) is 13.9. The molecule has 1 heterocycles. The Kier molecular flexibility index (Phi) is 6.89. The van der Waals surface area contributed by atoms with Crippen LogP contribution in [0.5, 0.6) is 5.75 Å². The van der Waals surface area contributed by atoms with Gasteiger partial charge in [-0.15, -0.1) is 0 Å². The fourth-order valence-electron chi connectivity index (χ4n) is 2.01. The summed E-state index contributed by atoms with van der Waals surface area (Å²) in [5.41, 5.74) is 0.830. The number of hydrogen-bond donors (Lipinski definition) is 0. The molecule has 1 aromatic rings. The lowest BCUT2D eigenvalue weighted by Gasteiger charge is -2.11. The van der Waals surface area contributed by atoms with Crippen molar-refractivity contribution < 1.29 is 19.1 Å². The number of thioether (sulfide) groups is 1. The second-order valence-electron chi connectivity index (χ2n) is 5.72. The highest BCUT2D eigenvalue weighted by molar-refractivity contribution is 9.10. The normalized spacial score (nSPS) is 16.5. The summed E-state index contributed by atoms with van der Waals surface area (Å²) < 4.78 is 11.4. The molecule has 0 bridgehead atoms. The molecule has 5 nitrogen and oxygen atoms in total. The molecule has 0 aliphatic carbocycles. The number of carbonyl (C=O) groups excluding carboxylic acids is 2. The molecule has 1 saturated heterocycles. The van der Waals surface area contributed by atoms with Gasteiger partial charge in [-0.1, -0.05) is 19.9 Å². The van der Waals surface area contributed by atoms with Crippen LogP contribution in [0, 0.1) is 5.92 Å². The predicted octanol–water partition coefficient (Wildman–Crippen LogP) is 4.17. The van der Waals surface area contributed by atoms with E-state index in [1.165, 1.54) is 12.0 Å². The average Bonchev–Trinajstić information content (AvgIpc) is 2.78. The number of methoxy groups -OCH3 is 1. The summed E-state index contributed by atoms with van der Waals surface area (Å²) >= 11 is 4.43. The smallest absolute Gasteiger partial charge is 0.293 e. The number of imide groups is 1. The van der Waals surface area contributed by atoms with E-state index in [0.29, 0.717) is 24.0 Å². The summed E-state index contributed by atoms with van der Waals surface area (Å²) in [5.74, 6) is 0.919. The fraction of sp³-hybridized carbons (Fsp3) is 0.412. The molecule has 0 spiro atoms. The first-order valence-corrected chi connectivity index (χ1v) is 9.20. The van der Waals surface area contributed by atoms with Gasteiger partial charge in [0.1, 0.15) is 5.75 Å². The largest absolute Gasteiger partial charge is 0.492 e. The van der Waals surface area contributed by atoms with Crippen molar-refractivity contribution >= 4 is 44.9 Å². The van der Waals surface area contributed by atoms with E-state index in [4.69, 9.17) is 9.47 Å². The van der Waals surface area contributed by atoms with Crippen molar-refractivity contribution in [2.24, 2.45) is 5.92 Å². The Labute approximate surface area is 154 Å². The summed E-state index contributed by atoms with van der Waals surface area (Å²) in [7, 11) is 1.54. The molecular weight excluding hydrogens is 394 g/mol. The maximum absolute atomic E-state index is 12.3. The Bertz CT molecular complexity index is 660. The number of amides is 2. The van der Waals surface area contributed by atoms with Gasteiger partial charge in [-0.05, 0) is 57.4 Å². The lowest BCUT2D eigenvalue weighted by atomic mass is 10.2. The standard InChI is InChI=1S/C17H20BrNO4S/c1-11(2)10-23-14-5-4-12(8-13(14)18)9-15-16(20)19(6-7-22-3)17(21)24-15/h4-5,8-9,11H,6-7,10H2,1-3H3/b15-9+. The van der Waals surface area contributed by atoms with Crippen molar-refractivity contribution in [3.05, 3.63) is 33.1 Å². The number of rotatable bonds is 7. The van der Waals surface area contributed by atoms with Gasteiger partial charge in [0.2, 0.25) is 0 Å². The summed E-state index contributed by atoms with van der Waals surface area (Å²) in [5, 5.41) is -0.265. The summed E-state index contributed by atoms with van der Waals surface area (Å²) in [6, 6.07) is 5.59. The summed E-state index contributed by atoms with van der Waals surface area (Å²) in [6.07, 6.45) is 1.72. The number of nitrogens with zero attached hydrogens (tertiary/aromatic N) is 1. The first kappa shape index (κ1) is 19.0. The molecule has 130 valence electrons. The molecule has 0 aromatic heterocycles. The number of halogens is 1. The van der Waals surface area contributed by atoms with Gasteiger partial charge in [0.05, 0.1) is 29.1 Å². The van der Waals surface area contributed by atoms with Gasteiger partial charge in [-0.25, -0.2) is 0 Å². The van der Waals surface area contributed by atoms with E-state index in [1.807, 2.05) is 18.2 Å². The van der Waals surface area contributed by atoms with Gasteiger partial charge < -0.3 is 9.47 Å². The minimum absolute atomic E-state index is 0.265. The van der Waals surface area contributed by atoms with Gasteiger partial charge in [-0.3, -0.25) is 14.5 Å². The van der Waals surface area contributed by atoms with Crippen molar-refractivity contribution in [3.63, 3.8) is 0 Å². The SMILES string of the molecule is COCCN1C(=O)S/C(=C/c2ccc(OCC(C)C)c(Br)c2)C1=O. The van der Waals surface area contributed by atoms with Gasteiger partial charge in [0.25, 0.3) is 11.1 Å². The lowest BCUT2D eigenvalue weighted by Crippen LogP contribution is -2.31. The van der Waals surface area contributed by atoms with E-state index >= 15 is 0 Å². The van der Waals surface area contributed by atoms with E-state index in [0.717, 1.165) is 27.5 Å². The Hall–Kier alpha value is -1.31. The highest BCUT2D eigenvalue weighted by Crippen LogP contribution is 2.33. The quantitative estimate of drug-likeness (QED) is 0.627. The molecular formula is C17H20BrNO4S. The van der Waals surface area contributed by atoms with Gasteiger partial charge in [0, 0.05) is 7.11 Å². The van der Waals surface area contributed by atoms with Crippen molar-refractivity contribution in [1.82, 2.24) is 4.90 Å². The maximum Gasteiger partial charge on any atom is 0.293 e. The highest BCUT2D eigenvalue weighted by atomic mass is 79.9. The first-order chi connectivity index (χ1) is 11.4. The molecule has 2 amide bonds. The molecule has 24 heavy (non-hydrogen) atoms. The lowest BCUT2D eigenvalue weighted by molar-refractivity contribution is -0.123. The molecule has 1 aliphatic rings. The minimum Gasteiger partial charge on any atom is -0.492 e. The minimum atomic E-state index is -0.279. The van der Waals surface area contributed by atoms with Crippen LogP contribution < -0.4 is 4.74 Å². The zero-order valence-corrected chi connectivity index (χ0v) is 16.3. The Balaban J connectivity index is 2.12. The van der Waals surface area contributed by atoms with Crippen LogP contribution in [0.15, 0.2) is 27.6 Å². The Morgan fingerprint density at radius 1 is 1.33 bits per heavy atom. The van der Waals surface area contributed by atoms with E-state index < -0.39 is 0 Å². The van der Waals surface area contributed by atoms with Crippen LogP contribution in [0.25, 0.3) is 6.08 Å². The van der Waals surface area contributed by atoms with Crippen molar-refractivity contribution in [2.45, 2.75) is 13.8 Å². The third-order valence-electron chi connectivity index (χ3n) is 3.22. The van der Waals surface area contributed by atoms with Gasteiger partial charge in [0.15, 0.2) is 0 Å². The van der Waals surface area contributed by atoms with Crippen LogP contribution in [0.1, 0.15) is 19.4 Å². The van der Waals surface area contributed by atoms with Crippen molar-refractivity contribution in [1.29, 1.82) is 0 Å². The second kappa shape index (κ2) is 8.69. The summed E-state index contributed by atoms with van der Waals surface area (Å²) in [6.45, 7) is 5.41. The maximum atomic E-state index is 12.3. The molecule has 2 rings (SSSR count). The molecule has 7 heteroatoms. The van der Waals surface area contributed by atoms with E-state index in [2.05, 4.69) is 29.8 Å². The molecule has 0 radical (unpaired) electrons. The number of hydrogen-bond acceptors (Lipinski definition) is 5. The fourth-order valence-corrected chi connectivity index (χ4v) is 3.38. The van der Waals surface area contributed by atoms with Crippen LogP contribution in [0.4, 0.5) is 4.79 Å². The van der Waals surface area contributed by atoms with Gasteiger partial charge in [-0.2, -0.15) is 0 Å². The first-order valence-electron chi connectivity index (χ1n) is 7.59. The molecule has 0 unspecified atom stereocenters. The van der Waals surface area contributed by atoms with E-state index in [9.17, 15) is 9.59 Å². The van der Waals surface area contributed by atoms with Crippen LogP contribution in [0.3, 0.4) is 0 Å². The molecule has 1 fully saturated rings. The number of ether oxygens (including phenoxy) is 2. The highest BCUT2D eigenvalue weighted by Gasteiger charge is 2.34. The second-order valence-corrected chi connectivity index (χ2v) is 7.57. The molecule has 1 aliphatic heterocycles. The van der Waals surface area contributed by atoms with Crippen LogP contribution in [-0.4, -0.2) is 42.9 Å². The molecule has 0 atom stereocenters. The van der Waals surface area contributed by atoms with Crippen LogP contribution in [0.2, 0.25) is 0 Å². The van der Waals surface area contributed by atoms with Crippen molar-refractivity contribution in [2.75, 3.05) is 26.9 Å². The predicted molar refractivity (Wildman–Crippen MR) is 99.0 cm³/mol. The number of carbonyl (C=O) groups is 2. The van der Waals surface area contributed by atoms with Crippen molar-refractivity contribution in [3.8, 4) is 5.75 Å². The topological polar surface area (TPSA) is 55.8 Å². The van der Waals surface area contributed by atoms with E-state index in [-0.39, 0.29) is 17.7 Å². The van der Waals surface area contributed by atoms with Crippen LogP contribution in [-0.2, 0) is 9.53 Å². The Morgan fingerprint density at radius 2 is 2.08 bits per heavy atom. The monoisotopic (exact) mass is 413 g/mol. The molecule has 0 N–H and O–H groups in total. The third kappa shape index (κ3) is 4.84. The third-order valence-corrected chi connectivity index (χ3v) is 4.75. The van der Waals surface area contributed by atoms with E-state index in [1.54, 1.807) is 6.08 Å². The average molecular weight is 414 g/mol. The molecule has 1 aromatic carbocycles. The molecule has 0 saturated carbocycles. The van der Waals surface area contributed by atoms with Crippen LogP contribution >= 0.6 is 27.7 Å². The number of benzene rings is 1. The zero-order chi connectivity index (χ0) is 17.7. The summed E-state index contributed by atoms with van der Waals surface area (Å²) in [4.78, 5) is 25.8. The van der Waals surface area contributed by atoms with Gasteiger partial charge >= 0.3 is 0 Å².